The van der Waals surface area contributed by atoms with Gasteiger partial charge in [-0.05, 0) is 50.6 Å². The summed E-state index contributed by atoms with van der Waals surface area (Å²) in [6.07, 6.45) is 3.60. The van der Waals surface area contributed by atoms with E-state index in [1.807, 2.05) is 25.3 Å². The summed E-state index contributed by atoms with van der Waals surface area (Å²) in [6.45, 7) is 6.42. The number of fused-ring (bicyclic) bond motifs is 1. The molecule has 0 saturated carbocycles. The maximum atomic E-state index is 13.6. The minimum Gasteiger partial charge on any atom is -0.493 e. The minimum atomic E-state index is -0.731. The van der Waals surface area contributed by atoms with Crippen molar-refractivity contribution in [2.45, 2.75) is 33.4 Å². The Hall–Kier alpha value is -3.66. The van der Waals surface area contributed by atoms with Crippen LogP contribution in [0, 0.1) is 0 Å². The number of methoxy groups -OCH3 is 2. The van der Waals surface area contributed by atoms with Gasteiger partial charge in [-0.15, -0.1) is 0 Å². The molecule has 2 aromatic heterocycles. The number of hydrogen-bond acceptors (Lipinski definition) is 8. The molecule has 1 aliphatic rings. The number of aryl methyl sites for hydroxylation is 1. The predicted molar refractivity (Wildman–Crippen MR) is 128 cm³/mol. The van der Waals surface area contributed by atoms with E-state index in [4.69, 9.17) is 14.2 Å². The first-order valence-electron chi connectivity index (χ1n) is 10.9. The molecule has 4 rings (SSSR count). The Kier molecular flexibility index (Phi) is 6.69. The number of thiazole rings is 1. The van der Waals surface area contributed by atoms with Crippen molar-refractivity contribution in [3.8, 4) is 11.5 Å². The van der Waals surface area contributed by atoms with Gasteiger partial charge < -0.3 is 14.2 Å². The summed E-state index contributed by atoms with van der Waals surface area (Å²) < 4.78 is 20.0. The first-order valence-corrected chi connectivity index (χ1v) is 11.7. The smallest absolute Gasteiger partial charge is 0.338 e. The van der Waals surface area contributed by atoms with E-state index in [9.17, 15) is 9.59 Å². The van der Waals surface area contributed by atoms with Crippen LogP contribution in [0.4, 0.5) is 0 Å². The second-order valence-electron chi connectivity index (χ2n) is 7.51. The van der Waals surface area contributed by atoms with Crippen molar-refractivity contribution < 1.29 is 19.0 Å². The molecule has 0 aliphatic carbocycles. The number of hydrogen-bond donors (Lipinski definition) is 0. The highest BCUT2D eigenvalue weighted by molar-refractivity contribution is 7.07. The molecule has 0 N–H and O–H groups in total. The third-order valence-electron chi connectivity index (χ3n) is 5.50. The van der Waals surface area contributed by atoms with Gasteiger partial charge >= 0.3 is 5.97 Å². The van der Waals surface area contributed by atoms with Crippen molar-refractivity contribution in [3.63, 3.8) is 0 Å². The van der Waals surface area contributed by atoms with E-state index < -0.39 is 12.0 Å². The van der Waals surface area contributed by atoms with E-state index in [1.54, 1.807) is 43.8 Å². The highest BCUT2D eigenvalue weighted by atomic mass is 32.1. The lowest BCUT2D eigenvalue weighted by atomic mass is 9.95. The maximum Gasteiger partial charge on any atom is 0.338 e. The molecule has 0 amide bonds. The predicted octanol–water partition coefficient (Wildman–Crippen LogP) is 2.03. The standard InChI is InChI=1S/C24H26N4O5S/c1-6-27-11-10-16(26-27)13-19-22(29)28-21(15-8-9-17(31-4)18(12-15)32-5)20(23(30)33-7-2)14(3)25-24(28)34-19/h8-13,21H,6-7H2,1-5H3/b19-13+/t21-/m1/s1. The number of nitrogens with zero attached hydrogens (tertiary/aromatic N) is 4. The fourth-order valence-corrected chi connectivity index (χ4v) is 4.93. The lowest BCUT2D eigenvalue weighted by Crippen LogP contribution is -2.40. The summed E-state index contributed by atoms with van der Waals surface area (Å²) in [7, 11) is 3.09. The van der Waals surface area contributed by atoms with Gasteiger partial charge in [-0.25, -0.2) is 9.79 Å². The van der Waals surface area contributed by atoms with Crippen molar-refractivity contribution in [1.82, 2.24) is 14.3 Å². The molecule has 3 heterocycles. The van der Waals surface area contributed by atoms with Crippen LogP contribution in [0.25, 0.3) is 6.08 Å². The topological polar surface area (TPSA) is 96.9 Å². The summed E-state index contributed by atoms with van der Waals surface area (Å²) in [4.78, 5) is 31.7. The molecule has 1 aromatic carbocycles. The average Bonchev–Trinajstić information content (AvgIpc) is 3.41. The Bertz CT molecular complexity index is 1450. The van der Waals surface area contributed by atoms with Gasteiger partial charge in [0.2, 0.25) is 0 Å². The molecule has 0 saturated heterocycles. The lowest BCUT2D eigenvalue weighted by Gasteiger charge is -2.25. The second kappa shape index (κ2) is 9.68. The molecule has 3 aromatic rings. The molecular weight excluding hydrogens is 456 g/mol. The maximum absolute atomic E-state index is 13.6. The first kappa shape index (κ1) is 23.5. The number of ether oxygens (including phenoxy) is 3. The molecule has 1 aliphatic heterocycles. The van der Waals surface area contributed by atoms with E-state index in [2.05, 4.69) is 10.1 Å². The first-order chi connectivity index (χ1) is 16.4. The molecule has 0 unspecified atom stereocenters. The van der Waals surface area contributed by atoms with E-state index in [-0.39, 0.29) is 12.2 Å². The van der Waals surface area contributed by atoms with Gasteiger partial charge in [0.25, 0.3) is 5.56 Å². The number of rotatable bonds is 7. The third-order valence-corrected chi connectivity index (χ3v) is 6.49. The molecule has 34 heavy (non-hydrogen) atoms. The van der Waals surface area contributed by atoms with Gasteiger partial charge in [0.15, 0.2) is 16.3 Å². The van der Waals surface area contributed by atoms with Crippen LogP contribution in [-0.2, 0) is 16.1 Å². The summed E-state index contributed by atoms with van der Waals surface area (Å²) >= 11 is 1.26. The Morgan fingerprint density at radius 1 is 1.18 bits per heavy atom. The van der Waals surface area contributed by atoms with E-state index in [1.165, 1.54) is 23.0 Å². The molecule has 10 heteroatoms. The molecule has 0 fully saturated rings. The molecule has 178 valence electrons. The summed E-state index contributed by atoms with van der Waals surface area (Å²) in [5, 5.41) is 4.45. The highest BCUT2D eigenvalue weighted by Crippen LogP contribution is 2.36. The molecule has 1 atom stereocenters. The molecule has 0 radical (unpaired) electrons. The third kappa shape index (κ3) is 4.16. The number of benzene rings is 1. The summed E-state index contributed by atoms with van der Waals surface area (Å²) in [5.74, 6) is 0.521. The van der Waals surface area contributed by atoms with Crippen molar-refractivity contribution in [3.05, 3.63) is 72.7 Å². The van der Waals surface area contributed by atoms with Crippen molar-refractivity contribution in [2.75, 3.05) is 20.8 Å². The fourth-order valence-electron chi connectivity index (χ4n) is 3.89. The van der Waals surface area contributed by atoms with Gasteiger partial charge in [-0.2, -0.15) is 5.10 Å². The van der Waals surface area contributed by atoms with Gasteiger partial charge in [-0.3, -0.25) is 14.0 Å². The Morgan fingerprint density at radius 3 is 2.59 bits per heavy atom. The fraction of sp³-hybridized carbons (Fsp3) is 0.333. The largest absolute Gasteiger partial charge is 0.493 e. The minimum absolute atomic E-state index is 0.207. The number of allylic oxidation sites excluding steroid dienone is 1. The molecule has 0 bridgehead atoms. The Morgan fingerprint density at radius 2 is 1.94 bits per heavy atom. The van der Waals surface area contributed by atoms with Gasteiger partial charge in [0.05, 0.1) is 48.4 Å². The molecular formula is C24H26N4O5S. The van der Waals surface area contributed by atoms with Gasteiger partial charge in [-0.1, -0.05) is 17.4 Å². The molecule has 9 nitrogen and oxygen atoms in total. The highest BCUT2D eigenvalue weighted by Gasteiger charge is 2.33. The Balaban J connectivity index is 1.95. The van der Waals surface area contributed by atoms with Crippen LogP contribution in [0.2, 0.25) is 0 Å². The van der Waals surface area contributed by atoms with Crippen molar-refractivity contribution in [1.29, 1.82) is 0 Å². The summed E-state index contributed by atoms with van der Waals surface area (Å²) in [5.41, 5.74) is 1.91. The van der Waals surface area contributed by atoms with Gasteiger partial charge in [0.1, 0.15) is 0 Å². The monoisotopic (exact) mass is 482 g/mol. The number of aromatic nitrogens is 3. The van der Waals surface area contributed by atoms with Crippen LogP contribution in [0.3, 0.4) is 0 Å². The number of carbonyl (C=O) groups excluding carboxylic acids is 1. The van der Waals surface area contributed by atoms with E-state index >= 15 is 0 Å². The van der Waals surface area contributed by atoms with Crippen LogP contribution in [0.1, 0.15) is 38.1 Å². The second-order valence-corrected chi connectivity index (χ2v) is 8.52. The van der Waals surface area contributed by atoms with E-state index in [0.29, 0.717) is 43.4 Å². The van der Waals surface area contributed by atoms with Crippen LogP contribution < -0.4 is 24.4 Å². The number of esters is 1. The Labute approximate surface area is 200 Å². The van der Waals surface area contributed by atoms with Crippen molar-refractivity contribution in [2.24, 2.45) is 4.99 Å². The number of carbonyl (C=O) groups is 1. The zero-order valence-corrected chi connectivity index (χ0v) is 20.5. The molecule has 0 spiro atoms. The van der Waals surface area contributed by atoms with Crippen LogP contribution in [0.5, 0.6) is 11.5 Å². The van der Waals surface area contributed by atoms with E-state index in [0.717, 1.165) is 6.54 Å². The van der Waals surface area contributed by atoms with Crippen LogP contribution in [-0.4, -0.2) is 41.1 Å². The normalized spacial score (nSPS) is 15.7. The SMILES string of the molecule is CCOC(=O)C1=C(C)N=c2s/c(=C/c3ccn(CC)n3)c(=O)n2[C@@H]1c1ccc(OC)c(OC)c1. The van der Waals surface area contributed by atoms with Gasteiger partial charge in [0, 0.05) is 12.7 Å². The summed E-state index contributed by atoms with van der Waals surface area (Å²) in [6, 6.07) is 6.44. The zero-order valence-electron chi connectivity index (χ0n) is 19.7. The van der Waals surface area contributed by atoms with Crippen LogP contribution >= 0.6 is 11.3 Å². The lowest BCUT2D eigenvalue weighted by molar-refractivity contribution is -0.139. The van der Waals surface area contributed by atoms with Crippen LogP contribution in [0.15, 0.2) is 51.5 Å². The van der Waals surface area contributed by atoms with Crippen molar-refractivity contribution >= 4 is 23.4 Å². The average molecular weight is 483 g/mol. The zero-order chi connectivity index (χ0) is 24.4. The quantitative estimate of drug-likeness (QED) is 0.478.